The van der Waals surface area contributed by atoms with Crippen LogP contribution in [0.2, 0.25) is 0 Å². The average molecular weight is 415 g/mol. The summed E-state index contributed by atoms with van der Waals surface area (Å²) in [5, 5.41) is 7.98. The van der Waals surface area contributed by atoms with Crippen LogP contribution < -0.4 is 16.4 Å². The quantitative estimate of drug-likeness (QED) is 0.647. The Hall–Kier alpha value is -2.25. The van der Waals surface area contributed by atoms with Crippen LogP contribution >= 0.6 is 11.3 Å². The predicted octanol–water partition coefficient (Wildman–Crippen LogP) is 3.31. The first-order valence-corrected chi connectivity index (χ1v) is 11.0. The molecule has 1 atom stereocenters. The third kappa shape index (κ3) is 5.42. The van der Waals surface area contributed by atoms with Crippen molar-refractivity contribution in [2.24, 2.45) is 17.6 Å². The molecule has 1 fully saturated rings. The predicted molar refractivity (Wildman–Crippen MR) is 117 cm³/mol. The van der Waals surface area contributed by atoms with Crippen LogP contribution in [0.25, 0.3) is 0 Å². The van der Waals surface area contributed by atoms with Gasteiger partial charge in [-0.25, -0.2) is 0 Å². The molecule has 7 heteroatoms. The van der Waals surface area contributed by atoms with Gasteiger partial charge in [-0.05, 0) is 69.0 Å². The van der Waals surface area contributed by atoms with Gasteiger partial charge >= 0.3 is 0 Å². The van der Waals surface area contributed by atoms with Crippen LogP contribution in [-0.4, -0.2) is 29.4 Å². The van der Waals surface area contributed by atoms with Gasteiger partial charge in [0.1, 0.15) is 0 Å². The molecule has 0 spiro atoms. The zero-order valence-corrected chi connectivity index (χ0v) is 17.9. The molecular weight excluding hydrogens is 384 g/mol. The molecule has 0 aromatic carbocycles. The number of aromatic nitrogens is 1. The van der Waals surface area contributed by atoms with Crippen molar-refractivity contribution >= 4 is 28.8 Å². The molecular formula is C22H30N4O2S. The van der Waals surface area contributed by atoms with E-state index in [0.717, 1.165) is 36.2 Å². The summed E-state index contributed by atoms with van der Waals surface area (Å²) in [6, 6.07) is 7.44. The van der Waals surface area contributed by atoms with Gasteiger partial charge in [0.15, 0.2) is 0 Å². The molecule has 1 aliphatic rings. The molecule has 0 aliphatic heterocycles. The number of hydrogen-bond acceptors (Lipinski definition) is 5. The van der Waals surface area contributed by atoms with Crippen LogP contribution in [0.15, 0.2) is 42.0 Å². The number of amides is 2. The number of rotatable bonds is 7. The van der Waals surface area contributed by atoms with Crippen molar-refractivity contribution in [3.63, 3.8) is 0 Å². The highest BCUT2D eigenvalue weighted by molar-refractivity contribution is 7.10. The summed E-state index contributed by atoms with van der Waals surface area (Å²) in [7, 11) is 0. The zero-order chi connectivity index (χ0) is 20.9. The lowest BCUT2D eigenvalue weighted by molar-refractivity contribution is -0.125. The maximum absolute atomic E-state index is 12.6. The van der Waals surface area contributed by atoms with Gasteiger partial charge in [0, 0.05) is 41.5 Å². The molecule has 1 unspecified atom stereocenters. The normalized spacial score (nSPS) is 20.7. The van der Waals surface area contributed by atoms with E-state index in [0.29, 0.717) is 12.5 Å². The first-order chi connectivity index (χ1) is 13.9. The van der Waals surface area contributed by atoms with Gasteiger partial charge in [0.25, 0.3) is 0 Å². The van der Waals surface area contributed by atoms with Crippen molar-refractivity contribution < 1.29 is 9.59 Å². The monoisotopic (exact) mass is 414 g/mol. The summed E-state index contributed by atoms with van der Waals surface area (Å²) in [4.78, 5) is 30.1. The molecule has 29 heavy (non-hydrogen) atoms. The van der Waals surface area contributed by atoms with Gasteiger partial charge in [-0.15, -0.1) is 11.3 Å². The number of thiophene rings is 1. The van der Waals surface area contributed by atoms with Crippen LogP contribution in [0.3, 0.4) is 0 Å². The van der Waals surface area contributed by atoms with E-state index in [-0.39, 0.29) is 23.8 Å². The van der Waals surface area contributed by atoms with Crippen molar-refractivity contribution in [1.29, 1.82) is 0 Å². The molecule has 156 valence electrons. The molecule has 0 saturated heterocycles. The molecule has 2 aromatic heterocycles. The second kappa shape index (κ2) is 9.50. The van der Waals surface area contributed by atoms with Crippen molar-refractivity contribution in [3.8, 4) is 0 Å². The Morgan fingerprint density at radius 2 is 1.90 bits per heavy atom. The van der Waals surface area contributed by atoms with E-state index in [1.54, 1.807) is 35.9 Å². The van der Waals surface area contributed by atoms with Gasteiger partial charge < -0.3 is 16.4 Å². The third-order valence-electron chi connectivity index (χ3n) is 5.90. The third-order valence-corrected chi connectivity index (χ3v) is 7.09. The molecule has 6 nitrogen and oxygen atoms in total. The largest absolute Gasteiger partial charge is 0.354 e. The Kier molecular flexibility index (Phi) is 7.03. The summed E-state index contributed by atoms with van der Waals surface area (Å²) in [5.41, 5.74) is 6.60. The van der Waals surface area contributed by atoms with Crippen molar-refractivity contribution in [3.05, 3.63) is 46.9 Å². The maximum Gasteiger partial charge on any atom is 0.230 e. The highest BCUT2D eigenvalue weighted by Crippen LogP contribution is 2.31. The number of anilines is 1. The fraction of sp³-hybridized carbons (Fsp3) is 0.500. The molecule has 1 saturated carbocycles. The number of nitrogens with two attached hydrogens (primary N) is 1. The summed E-state index contributed by atoms with van der Waals surface area (Å²) in [5.74, 6) is 0.402. The van der Waals surface area contributed by atoms with E-state index >= 15 is 0 Å². The van der Waals surface area contributed by atoms with Crippen molar-refractivity contribution in [1.82, 2.24) is 10.3 Å². The van der Waals surface area contributed by atoms with E-state index < -0.39 is 5.41 Å². The summed E-state index contributed by atoms with van der Waals surface area (Å²) >= 11 is 1.59. The minimum Gasteiger partial charge on any atom is -0.354 e. The highest BCUT2D eigenvalue weighted by atomic mass is 32.1. The number of pyridine rings is 1. The Bertz CT molecular complexity index is 799. The molecule has 0 bridgehead atoms. The summed E-state index contributed by atoms with van der Waals surface area (Å²) in [6.07, 6.45) is 6.78. The first kappa shape index (κ1) is 21.5. The fourth-order valence-corrected chi connectivity index (χ4v) is 4.68. The SMILES string of the molecule is CC(C)(C(=O)NCC(N)[C@H]1CC[C@H](C(=O)Nc2ccncc2)CC1)c1cccs1. The van der Waals surface area contributed by atoms with Crippen molar-refractivity contribution in [2.75, 3.05) is 11.9 Å². The number of hydrogen-bond donors (Lipinski definition) is 3. The van der Waals surface area contributed by atoms with Crippen LogP contribution in [0.1, 0.15) is 44.4 Å². The fourth-order valence-electron chi connectivity index (χ4n) is 3.83. The van der Waals surface area contributed by atoms with Crippen LogP contribution in [0, 0.1) is 11.8 Å². The van der Waals surface area contributed by atoms with Gasteiger partial charge in [0.2, 0.25) is 11.8 Å². The maximum atomic E-state index is 12.6. The van der Waals surface area contributed by atoms with Crippen LogP contribution in [0.4, 0.5) is 5.69 Å². The number of nitrogens with one attached hydrogen (secondary N) is 2. The van der Waals surface area contributed by atoms with Gasteiger partial charge in [-0.3, -0.25) is 14.6 Å². The van der Waals surface area contributed by atoms with Gasteiger partial charge in [0.05, 0.1) is 5.41 Å². The second-order valence-corrected chi connectivity index (χ2v) is 9.26. The topological polar surface area (TPSA) is 97.1 Å². The molecule has 4 N–H and O–H groups in total. The molecule has 1 aliphatic carbocycles. The lowest BCUT2D eigenvalue weighted by Gasteiger charge is -2.32. The number of carbonyl (C=O) groups is 2. The Morgan fingerprint density at radius 1 is 1.21 bits per heavy atom. The Balaban J connectivity index is 1.43. The van der Waals surface area contributed by atoms with E-state index in [4.69, 9.17) is 5.73 Å². The lowest BCUT2D eigenvalue weighted by Crippen LogP contribution is -2.48. The Labute approximate surface area is 176 Å². The number of carbonyl (C=O) groups excluding carboxylic acids is 2. The van der Waals surface area contributed by atoms with E-state index in [9.17, 15) is 9.59 Å². The van der Waals surface area contributed by atoms with Crippen molar-refractivity contribution in [2.45, 2.75) is 51.0 Å². The van der Waals surface area contributed by atoms with E-state index in [2.05, 4.69) is 15.6 Å². The minimum absolute atomic E-state index is 0.000754. The van der Waals surface area contributed by atoms with Crippen LogP contribution in [0.5, 0.6) is 0 Å². The number of nitrogens with zero attached hydrogens (tertiary/aromatic N) is 1. The smallest absolute Gasteiger partial charge is 0.230 e. The lowest BCUT2D eigenvalue weighted by atomic mass is 9.78. The Morgan fingerprint density at radius 3 is 2.52 bits per heavy atom. The van der Waals surface area contributed by atoms with E-state index in [1.165, 1.54) is 0 Å². The molecule has 0 radical (unpaired) electrons. The van der Waals surface area contributed by atoms with Gasteiger partial charge in [-0.2, -0.15) is 0 Å². The minimum atomic E-state index is -0.559. The molecule has 3 rings (SSSR count). The summed E-state index contributed by atoms with van der Waals surface area (Å²) < 4.78 is 0. The average Bonchev–Trinajstić information content (AvgIpc) is 3.28. The molecule has 2 amide bonds. The molecule has 2 aromatic rings. The first-order valence-electron chi connectivity index (χ1n) is 10.2. The standard InChI is InChI=1S/C22H30N4O2S/c1-22(2,19-4-3-13-29-19)21(28)25-14-18(23)15-5-7-16(8-6-15)20(27)26-17-9-11-24-12-10-17/h3-4,9-13,15-16,18H,5-8,14,23H2,1-2H3,(H,25,28)(H,24,26,27)/t15-,16-,18?. The van der Waals surface area contributed by atoms with E-state index in [1.807, 2.05) is 31.4 Å². The second-order valence-electron chi connectivity index (χ2n) is 8.31. The van der Waals surface area contributed by atoms with Gasteiger partial charge in [-0.1, -0.05) is 6.07 Å². The zero-order valence-electron chi connectivity index (χ0n) is 17.1. The van der Waals surface area contributed by atoms with Crippen LogP contribution in [-0.2, 0) is 15.0 Å². The summed E-state index contributed by atoms with van der Waals surface area (Å²) in [6.45, 7) is 4.34. The highest BCUT2D eigenvalue weighted by Gasteiger charge is 2.33. The molecule has 2 heterocycles.